The molecule has 4 rings (SSSR count). The van der Waals surface area contributed by atoms with Gasteiger partial charge in [-0.25, -0.2) is 0 Å². The molecule has 0 spiro atoms. The number of thioether (sulfide) groups is 1. The number of methoxy groups -OCH3 is 1. The van der Waals surface area contributed by atoms with E-state index in [-0.39, 0.29) is 11.7 Å². The van der Waals surface area contributed by atoms with Gasteiger partial charge in [0.2, 0.25) is 5.91 Å². The third-order valence-electron chi connectivity index (χ3n) is 5.18. The number of hydrogen-bond acceptors (Lipinski definition) is 6. The van der Waals surface area contributed by atoms with Gasteiger partial charge in [-0.15, -0.1) is 21.5 Å². The van der Waals surface area contributed by atoms with Crippen LogP contribution in [0.25, 0.3) is 11.4 Å². The van der Waals surface area contributed by atoms with E-state index in [0.717, 1.165) is 30.4 Å². The largest absolute Gasteiger partial charge is 0.495 e. The maximum Gasteiger partial charge on any atom is 0.234 e. The number of carbonyl (C=O) groups excluding carboxylic acids is 1. The fourth-order valence-corrected chi connectivity index (χ4v) is 5.65. The lowest BCUT2D eigenvalue weighted by molar-refractivity contribution is -0.113. The summed E-state index contributed by atoms with van der Waals surface area (Å²) in [5.74, 6) is 1.75. The topological polar surface area (TPSA) is 69.0 Å². The number of amides is 1. The number of hydrogen-bond donors (Lipinski definition) is 1. The number of anilines is 1. The molecular formula is C22H26N4O2S2. The van der Waals surface area contributed by atoms with Crippen LogP contribution < -0.4 is 10.1 Å². The van der Waals surface area contributed by atoms with E-state index >= 15 is 0 Å². The Bertz CT molecular complexity index is 1030. The molecule has 0 bridgehead atoms. The van der Waals surface area contributed by atoms with Crippen molar-refractivity contribution in [3.05, 3.63) is 40.1 Å². The van der Waals surface area contributed by atoms with Crippen molar-refractivity contribution in [2.24, 2.45) is 0 Å². The van der Waals surface area contributed by atoms with Crippen molar-refractivity contribution < 1.29 is 9.53 Å². The summed E-state index contributed by atoms with van der Waals surface area (Å²) in [7, 11) is 1.59. The van der Waals surface area contributed by atoms with Crippen LogP contribution in [-0.4, -0.2) is 33.5 Å². The first-order valence-corrected chi connectivity index (χ1v) is 12.2. The number of fused-ring (bicyclic) bond motifs is 1. The molecule has 2 aromatic heterocycles. The minimum absolute atomic E-state index is 0.0926. The van der Waals surface area contributed by atoms with Gasteiger partial charge in [0, 0.05) is 22.4 Å². The van der Waals surface area contributed by atoms with Crippen LogP contribution in [0.5, 0.6) is 5.75 Å². The van der Waals surface area contributed by atoms with Crippen molar-refractivity contribution in [2.45, 2.75) is 50.7 Å². The van der Waals surface area contributed by atoms with E-state index in [0.29, 0.717) is 11.4 Å². The summed E-state index contributed by atoms with van der Waals surface area (Å²) in [5, 5.41) is 14.9. The molecule has 0 saturated carbocycles. The zero-order chi connectivity index (χ0) is 20.9. The molecule has 2 heterocycles. The summed E-state index contributed by atoms with van der Waals surface area (Å²) in [4.78, 5) is 14.0. The minimum Gasteiger partial charge on any atom is -0.495 e. The van der Waals surface area contributed by atoms with Crippen molar-refractivity contribution >= 4 is 34.7 Å². The average molecular weight is 443 g/mol. The number of rotatable bonds is 8. The molecule has 0 fully saturated rings. The SMILES string of the molecule is CCCn1c(SCC(=O)Nc2ccccc2OC)nnc1-c1csc2c1CCCC2. The van der Waals surface area contributed by atoms with E-state index in [1.54, 1.807) is 7.11 Å². The van der Waals surface area contributed by atoms with Gasteiger partial charge in [-0.1, -0.05) is 30.8 Å². The summed E-state index contributed by atoms with van der Waals surface area (Å²) >= 11 is 3.27. The summed E-state index contributed by atoms with van der Waals surface area (Å²) in [6.07, 6.45) is 5.79. The molecule has 158 valence electrons. The molecule has 1 amide bonds. The smallest absolute Gasteiger partial charge is 0.234 e. The molecular weight excluding hydrogens is 416 g/mol. The molecule has 0 atom stereocenters. The quantitative estimate of drug-likeness (QED) is 0.495. The Morgan fingerprint density at radius 3 is 2.93 bits per heavy atom. The summed E-state index contributed by atoms with van der Waals surface area (Å²) in [6, 6.07) is 7.41. The Morgan fingerprint density at radius 1 is 1.27 bits per heavy atom. The molecule has 1 aromatic carbocycles. The van der Waals surface area contributed by atoms with Crippen LogP contribution in [0.2, 0.25) is 0 Å². The van der Waals surface area contributed by atoms with Gasteiger partial charge in [0.1, 0.15) is 5.75 Å². The van der Waals surface area contributed by atoms with E-state index in [4.69, 9.17) is 4.74 Å². The molecule has 8 heteroatoms. The maximum atomic E-state index is 12.5. The van der Waals surface area contributed by atoms with Gasteiger partial charge >= 0.3 is 0 Å². The van der Waals surface area contributed by atoms with Gasteiger partial charge in [-0.3, -0.25) is 4.79 Å². The van der Waals surface area contributed by atoms with E-state index in [2.05, 4.69) is 32.4 Å². The van der Waals surface area contributed by atoms with E-state index in [1.165, 1.54) is 47.0 Å². The second-order valence-corrected chi connectivity index (χ2v) is 9.16. The molecule has 1 aliphatic carbocycles. The Hall–Kier alpha value is -2.32. The Morgan fingerprint density at radius 2 is 2.10 bits per heavy atom. The highest BCUT2D eigenvalue weighted by atomic mass is 32.2. The lowest BCUT2D eigenvalue weighted by Gasteiger charge is -2.14. The normalized spacial score (nSPS) is 13.1. The maximum absolute atomic E-state index is 12.5. The first kappa shape index (κ1) is 20.9. The molecule has 3 aromatic rings. The number of para-hydroxylation sites is 2. The third kappa shape index (κ3) is 4.39. The highest BCUT2D eigenvalue weighted by Gasteiger charge is 2.22. The number of nitrogens with one attached hydrogen (secondary N) is 1. The van der Waals surface area contributed by atoms with Crippen molar-refractivity contribution in [1.29, 1.82) is 0 Å². The highest BCUT2D eigenvalue weighted by molar-refractivity contribution is 7.99. The average Bonchev–Trinajstić information content (AvgIpc) is 3.37. The van der Waals surface area contributed by atoms with Crippen molar-refractivity contribution in [3.8, 4) is 17.1 Å². The Labute approximate surface area is 185 Å². The number of carbonyl (C=O) groups is 1. The van der Waals surface area contributed by atoms with Gasteiger partial charge in [0.15, 0.2) is 11.0 Å². The van der Waals surface area contributed by atoms with Gasteiger partial charge in [-0.2, -0.15) is 0 Å². The zero-order valence-corrected chi connectivity index (χ0v) is 18.9. The molecule has 1 N–H and O–H groups in total. The number of aromatic nitrogens is 3. The summed E-state index contributed by atoms with van der Waals surface area (Å²) in [5.41, 5.74) is 3.34. The zero-order valence-electron chi connectivity index (χ0n) is 17.3. The number of nitrogens with zero attached hydrogens (tertiary/aromatic N) is 3. The third-order valence-corrected chi connectivity index (χ3v) is 7.24. The number of benzene rings is 1. The minimum atomic E-state index is -0.0926. The molecule has 30 heavy (non-hydrogen) atoms. The van der Waals surface area contributed by atoms with Crippen LogP contribution in [0, 0.1) is 0 Å². The van der Waals surface area contributed by atoms with Gasteiger partial charge < -0.3 is 14.6 Å². The molecule has 0 saturated heterocycles. The second-order valence-electron chi connectivity index (χ2n) is 7.25. The number of ether oxygens (including phenoxy) is 1. The monoisotopic (exact) mass is 442 g/mol. The predicted molar refractivity (Wildman–Crippen MR) is 123 cm³/mol. The fourth-order valence-electron chi connectivity index (χ4n) is 3.77. The van der Waals surface area contributed by atoms with E-state index in [9.17, 15) is 4.79 Å². The van der Waals surface area contributed by atoms with Crippen LogP contribution in [0.3, 0.4) is 0 Å². The standard InChI is InChI=1S/C22H26N4O2S2/c1-3-12-26-21(16-13-29-19-11-7-4-8-15(16)19)24-25-22(26)30-14-20(27)23-17-9-5-6-10-18(17)28-2/h5-6,9-10,13H,3-4,7-8,11-12,14H2,1-2H3,(H,23,27). The number of thiophene rings is 1. The van der Waals surface area contributed by atoms with Crippen molar-refractivity contribution in [3.63, 3.8) is 0 Å². The first-order valence-electron chi connectivity index (χ1n) is 10.3. The van der Waals surface area contributed by atoms with E-state index < -0.39 is 0 Å². The molecule has 6 nitrogen and oxygen atoms in total. The lowest BCUT2D eigenvalue weighted by atomic mass is 9.95. The Balaban J connectivity index is 1.50. The second kappa shape index (κ2) is 9.66. The summed E-state index contributed by atoms with van der Waals surface area (Å²) < 4.78 is 7.47. The lowest BCUT2D eigenvalue weighted by Crippen LogP contribution is -2.15. The van der Waals surface area contributed by atoms with Gasteiger partial charge in [-0.05, 0) is 49.8 Å². The molecule has 0 unspecified atom stereocenters. The molecule has 0 radical (unpaired) electrons. The van der Waals surface area contributed by atoms with Crippen LogP contribution in [-0.2, 0) is 24.2 Å². The van der Waals surface area contributed by atoms with Crippen LogP contribution in [0.15, 0.2) is 34.8 Å². The van der Waals surface area contributed by atoms with Crippen LogP contribution >= 0.6 is 23.1 Å². The van der Waals surface area contributed by atoms with Crippen molar-refractivity contribution in [1.82, 2.24) is 14.8 Å². The van der Waals surface area contributed by atoms with Crippen molar-refractivity contribution in [2.75, 3.05) is 18.2 Å². The first-order chi connectivity index (χ1) is 14.7. The van der Waals surface area contributed by atoms with Gasteiger partial charge in [0.25, 0.3) is 0 Å². The van der Waals surface area contributed by atoms with Crippen LogP contribution in [0.1, 0.15) is 36.6 Å². The summed E-state index contributed by atoms with van der Waals surface area (Å²) in [6.45, 7) is 2.99. The predicted octanol–water partition coefficient (Wildman–Crippen LogP) is 5.03. The Kier molecular flexibility index (Phi) is 6.74. The molecule has 1 aliphatic rings. The highest BCUT2D eigenvalue weighted by Crippen LogP contribution is 2.37. The number of aryl methyl sites for hydroxylation is 1. The van der Waals surface area contributed by atoms with Gasteiger partial charge in [0.05, 0.1) is 18.6 Å². The van der Waals surface area contributed by atoms with E-state index in [1.807, 2.05) is 35.6 Å². The van der Waals surface area contributed by atoms with Crippen LogP contribution in [0.4, 0.5) is 5.69 Å². The molecule has 0 aliphatic heterocycles. The fraction of sp³-hybridized carbons (Fsp3) is 0.409.